The van der Waals surface area contributed by atoms with Gasteiger partial charge in [-0.05, 0) is 0 Å². The monoisotopic (exact) mass is 768 g/mol. The van der Waals surface area contributed by atoms with Crippen LogP contribution in [0, 0.1) is 0 Å². The number of hydrogen-bond acceptors (Lipinski definition) is 6. The summed E-state index contributed by atoms with van der Waals surface area (Å²) in [5, 5.41) is 0. The first-order valence-electron chi connectivity index (χ1n) is 18.3. The van der Waals surface area contributed by atoms with Crippen LogP contribution in [0.5, 0.6) is 0 Å². The molecule has 1 fully saturated rings. The number of ether oxygens (including phenoxy) is 6. The van der Waals surface area contributed by atoms with E-state index in [4.69, 9.17) is 28.4 Å². The van der Waals surface area contributed by atoms with E-state index in [2.05, 4.69) is 93.6 Å². The second-order valence-corrected chi connectivity index (χ2v) is 27.0. The van der Waals surface area contributed by atoms with Gasteiger partial charge in [0.05, 0.1) is 0 Å². The quantitative estimate of drug-likeness (QED) is 0.0709. The van der Waals surface area contributed by atoms with E-state index in [1.54, 1.807) is 7.11 Å². The standard InChI is InChI=1S/C29H33O6.3C4H9.Sn/c1-30-22-35-27-21-32-26(20-31-17-23-11-5-2-6-12-23)28(33-18-24-13-7-3-8-14-24)29(27)34-19-25-15-9-4-10-16-25;3*1-3-4-2;/h2-16,21,26-29H,17-20,22H2,1H3;3*1,3-4H2,2H3;/t26-,27+,28+,29+;;;;/m0..../s1. The second-order valence-electron chi connectivity index (χ2n) is 13.3. The molecule has 48 heavy (non-hydrogen) atoms. The van der Waals surface area contributed by atoms with E-state index in [1.807, 2.05) is 18.2 Å². The van der Waals surface area contributed by atoms with Gasteiger partial charge in [0, 0.05) is 0 Å². The van der Waals surface area contributed by atoms with Crippen LogP contribution >= 0.6 is 0 Å². The van der Waals surface area contributed by atoms with E-state index < -0.39 is 24.5 Å². The van der Waals surface area contributed by atoms with Gasteiger partial charge in [0.1, 0.15) is 0 Å². The third kappa shape index (κ3) is 11.9. The second kappa shape index (κ2) is 22.1. The SMILES string of the molecule is CCC[CH2][Sn]([CH2]CCC)([CH2]CCC)[C@@H]1O[C@@H](COCc2ccccc2)[C@@H](OCc2ccccc2)[C@H](OCc2ccccc2)[C@@H]1OCOC. The van der Waals surface area contributed by atoms with Crippen molar-refractivity contribution in [3.63, 3.8) is 0 Å². The molecule has 1 heterocycles. The Labute approximate surface area is 294 Å². The predicted molar refractivity (Wildman–Crippen MR) is 196 cm³/mol. The first kappa shape index (κ1) is 39.0. The molecular weight excluding hydrogens is 707 g/mol. The number of benzene rings is 3. The molecule has 0 radical (unpaired) electrons. The zero-order valence-electron chi connectivity index (χ0n) is 29.9. The average Bonchev–Trinajstić information content (AvgIpc) is 3.14. The first-order chi connectivity index (χ1) is 23.6. The van der Waals surface area contributed by atoms with E-state index in [-0.39, 0.29) is 29.2 Å². The maximum absolute atomic E-state index is 7.46. The van der Waals surface area contributed by atoms with Crippen LogP contribution in [-0.4, -0.2) is 67.4 Å². The molecule has 0 unspecified atom stereocenters. The molecule has 0 aromatic heterocycles. The van der Waals surface area contributed by atoms with Gasteiger partial charge in [0.25, 0.3) is 0 Å². The molecule has 4 rings (SSSR count). The van der Waals surface area contributed by atoms with Gasteiger partial charge < -0.3 is 0 Å². The van der Waals surface area contributed by atoms with Crippen molar-refractivity contribution in [2.24, 2.45) is 0 Å². The van der Waals surface area contributed by atoms with Gasteiger partial charge >= 0.3 is 296 Å². The Morgan fingerprint density at radius 3 is 1.48 bits per heavy atom. The number of rotatable bonds is 23. The van der Waals surface area contributed by atoms with Gasteiger partial charge in [-0.2, -0.15) is 0 Å². The fourth-order valence-electron chi connectivity index (χ4n) is 7.05. The predicted octanol–water partition coefficient (Wildman–Crippen LogP) is 9.52. The molecule has 0 aliphatic carbocycles. The molecule has 3 aromatic rings. The Balaban J connectivity index is 1.75. The van der Waals surface area contributed by atoms with Crippen molar-refractivity contribution in [1.29, 1.82) is 0 Å². The van der Waals surface area contributed by atoms with Crippen molar-refractivity contribution in [1.82, 2.24) is 0 Å². The van der Waals surface area contributed by atoms with Crippen LogP contribution in [0.3, 0.4) is 0 Å². The summed E-state index contributed by atoms with van der Waals surface area (Å²) in [7, 11) is 1.70. The van der Waals surface area contributed by atoms with Crippen molar-refractivity contribution in [3.8, 4) is 0 Å². The average molecular weight is 768 g/mol. The van der Waals surface area contributed by atoms with Gasteiger partial charge in [0.2, 0.25) is 0 Å². The van der Waals surface area contributed by atoms with Crippen molar-refractivity contribution in [2.75, 3.05) is 20.5 Å². The van der Waals surface area contributed by atoms with E-state index in [0.29, 0.717) is 26.4 Å². The van der Waals surface area contributed by atoms with Gasteiger partial charge in [0.15, 0.2) is 0 Å². The summed E-state index contributed by atoms with van der Waals surface area (Å²) < 4.78 is 44.0. The van der Waals surface area contributed by atoms with Crippen molar-refractivity contribution in [2.45, 2.75) is 121 Å². The van der Waals surface area contributed by atoms with Crippen LogP contribution in [0.2, 0.25) is 13.3 Å². The normalized spacial score (nSPS) is 21.4. The summed E-state index contributed by atoms with van der Waals surface area (Å²) in [5.41, 5.74) is 3.39. The molecule has 5 atom stereocenters. The third-order valence-corrected chi connectivity index (χ3v) is 26.0. The molecule has 1 saturated heterocycles. The molecule has 1 aliphatic heterocycles. The van der Waals surface area contributed by atoms with Crippen LogP contribution in [0.1, 0.15) is 76.0 Å². The van der Waals surface area contributed by atoms with Crippen molar-refractivity contribution < 1.29 is 28.4 Å². The van der Waals surface area contributed by atoms with Gasteiger partial charge in [-0.25, -0.2) is 0 Å². The van der Waals surface area contributed by atoms with Crippen molar-refractivity contribution in [3.05, 3.63) is 108 Å². The molecule has 0 N–H and O–H groups in total. The first-order valence-corrected chi connectivity index (χ1v) is 26.0. The zero-order valence-corrected chi connectivity index (χ0v) is 32.8. The number of methoxy groups -OCH3 is 1. The van der Waals surface area contributed by atoms with E-state index in [9.17, 15) is 0 Å². The number of unbranched alkanes of at least 4 members (excludes halogenated alkanes) is 3. The molecule has 1 aliphatic rings. The Morgan fingerprint density at radius 2 is 1.02 bits per heavy atom. The van der Waals surface area contributed by atoms with E-state index in [0.717, 1.165) is 16.7 Å². The molecule has 264 valence electrons. The van der Waals surface area contributed by atoms with E-state index >= 15 is 0 Å². The van der Waals surface area contributed by atoms with Crippen LogP contribution < -0.4 is 0 Å². The summed E-state index contributed by atoms with van der Waals surface area (Å²) in [6, 6.07) is 31.1. The minimum atomic E-state index is -3.10. The molecule has 3 aromatic carbocycles. The Hall–Kier alpha value is -1.78. The fraction of sp³-hybridized carbons (Fsp3) is 0.561. The van der Waals surface area contributed by atoms with Gasteiger partial charge in [-0.3, -0.25) is 0 Å². The molecule has 0 saturated carbocycles. The molecule has 7 heteroatoms. The van der Waals surface area contributed by atoms with Crippen LogP contribution in [0.15, 0.2) is 91.0 Å². The molecular formula is C41H60O6Sn. The Morgan fingerprint density at radius 1 is 0.562 bits per heavy atom. The molecule has 6 nitrogen and oxygen atoms in total. The van der Waals surface area contributed by atoms with Crippen molar-refractivity contribution >= 4 is 18.4 Å². The topological polar surface area (TPSA) is 55.4 Å². The fourth-order valence-corrected chi connectivity index (χ4v) is 24.8. The molecule has 0 spiro atoms. The van der Waals surface area contributed by atoms with Gasteiger partial charge in [-0.15, -0.1) is 0 Å². The summed E-state index contributed by atoms with van der Waals surface area (Å²) in [5.74, 6) is 0. The zero-order chi connectivity index (χ0) is 33.9. The number of hydrogen-bond donors (Lipinski definition) is 0. The maximum atomic E-state index is 7.46. The third-order valence-electron chi connectivity index (χ3n) is 9.66. The van der Waals surface area contributed by atoms with E-state index in [1.165, 1.54) is 51.8 Å². The van der Waals surface area contributed by atoms with Crippen LogP contribution in [0.4, 0.5) is 0 Å². The Bertz CT molecular complexity index is 1210. The molecule has 0 bridgehead atoms. The van der Waals surface area contributed by atoms with Gasteiger partial charge in [-0.1, -0.05) is 0 Å². The van der Waals surface area contributed by atoms with Crippen LogP contribution in [0.25, 0.3) is 0 Å². The summed E-state index contributed by atoms with van der Waals surface area (Å²) in [6.07, 6.45) is 5.93. The van der Waals surface area contributed by atoms with Crippen LogP contribution in [-0.2, 0) is 48.2 Å². The summed E-state index contributed by atoms with van der Waals surface area (Å²) in [6.45, 7) is 8.99. The molecule has 0 amide bonds. The minimum absolute atomic E-state index is 0.00164. The summed E-state index contributed by atoms with van der Waals surface area (Å²) >= 11 is -3.10. The Kier molecular flexibility index (Phi) is 18.0. The summed E-state index contributed by atoms with van der Waals surface area (Å²) in [4.78, 5) is 0.